The van der Waals surface area contributed by atoms with Gasteiger partial charge in [-0.3, -0.25) is 0 Å². The fourth-order valence-corrected chi connectivity index (χ4v) is 1.01. The molecule has 0 saturated carbocycles. The van der Waals surface area contributed by atoms with Gasteiger partial charge in [0, 0.05) is 7.05 Å². The molecule has 0 radical (unpaired) electrons. The Morgan fingerprint density at radius 3 is 3.09 bits per heavy atom. The zero-order valence-electron chi connectivity index (χ0n) is 6.03. The fraction of sp³-hybridized carbons (Fsp3) is 0.143. The molecular formula is C7H7N3O. The summed E-state index contributed by atoms with van der Waals surface area (Å²) in [6, 6.07) is 5.68. The first-order valence-electron chi connectivity index (χ1n) is 3.31. The van der Waals surface area contributed by atoms with Gasteiger partial charge in [0.1, 0.15) is 5.52 Å². The number of hydrogen-bond donors (Lipinski definition) is 1. The molecule has 1 N–H and O–H groups in total. The summed E-state index contributed by atoms with van der Waals surface area (Å²) in [7, 11) is 1.84. The second-order valence-electron chi connectivity index (χ2n) is 2.19. The van der Waals surface area contributed by atoms with Crippen molar-refractivity contribution < 1.29 is 4.63 Å². The first kappa shape index (κ1) is 6.15. The molecule has 0 atom stereocenters. The van der Waals surface area contributed by atoms with Gasteiger partial charge in [0.15, 0.2) is 5.52 Å². The second kappa shape index (κ2) is 2.23. The third-order valence-corrected chi connectivity index (χ3v) is 1.56. The highest BCUT2D eigenvalue weighted by molar-refractivity contribution is 5.86. The summed E-state index contributed by atoms with van der Waals surface area (Å²) >= 11 is 0. The lowest BCUT2D eigenvalue weighted by atomic mass is 10.3. The predicted molar refractivity (Wildman–Crippen MR) is 41.4 cm³/mol. The molecule has 1 aromatic carbocycles. The van der Waals surface area contributed by atoms with E-state index in [2.05, 4.69) is 20.3 Å². The molecule has 0 saturated heterocycles. The highest BCUT2D eigenvalue weighted by Crippen LogP contribution is 2.18. The van der Waals surface area contributed by atoms with Gasteiger partial charge >= 0.3 is 0 Å². The van der Waals surface area contributed by atoms with Crippen LogP contribution in [0, 0.1) is 0 Å². The van der Waals surface area contributed by atoms with E-state index in [-0.39, 0.29) is 0 Å². The molecule has 2 rings (SSSR count). The molecule has 56 valence electrons. The summed E-state index contributed by atoms with van der Waals surface area (Å²) in [6.07, 6.45) is 0. The van der Waals surface area contributed by atoms with Gasteiger partial charge in [-0.05, 0) is 22.4 Å². The van der Waals surface area contributed by atoms with Crippen LogP contribution in [0.15, 0.2) is 22.8 Å². The van der Waals surface area contributed by atoms with Gasteiger partial charge in [-0.15, -0.1) is 0 Å². The van der Waals surface area contributed by atoms with Gasteiger partial charge in [0.2, 0.25) is 0 Å². The van der Waals surface area contributed by atoms with Gasteiger partial charge < -0.3 is 5.32 Å². The summed E-state index contributed by atoms with van der Waals surface area (Å²) < 4.78 is 4.57. The molecule has 1 heterocycles. The second-order valence-corrected chi connectivity index (χ2v) is 2.19. The molecule has 0 aliphatic carbocycles. The Labute approximate surface area is 63.2 Å². The number of rotatable bonds is 1. The monoisotopic (exact) mass is 149 g/mol. The lowest BCUT2D eigenvalue weighted by Crippen LogP contribution is -1.87. The molecule has 4 nitrogen and oxygen atoms in total. The van der Waals surface area contributed by atoms with Gasteiger partial charge in [-0.25, -0.2) is 4.63 Å². The summed E-state index contributed by atoms with van der Waals surface area (Å²) in [5.41, 5.74) is 2.48. The fourth-order valence-electron chi connectivity index (χ4n) is 1.01. The number of nitrogens with one attached hydrogen (secondary N) is 1. The Kier molecular flexibility index (Phi) is 1.25. The van der Waals surface area contributed by atoms with E-state index in [1.165, 1.54) is 0 Å². The molecule has 0 fully saturated rings. The maximum absolute atomic E-state index is 4.57. The summed E-state index contributed by atoms with van der Waals surface area (Å²) in [6.45, 7) is 0. The quantitative estimate of drug-likeness (QED) is 0.663. The zero-order valence-corrected chi connectivity index (χ0v) is 6.03. The highest BCUT2D eigenvalue weighted by Gasteiger charge is 2.02. The van der Waals surface area contributed by atoms with Crippen molar-refractivity contribution in [2.24, 2.45) is 0 Å². The van der Waals surface area contributed by atoms with E-state index in [4.69, 9.17) is 0 Å². The van der Waals surface area contributed by atoms with E-state index in [0.717, 1.165) is 16.7 Å². The van der Waals surface area contributed by atoms with Crippen molar-refractivity contribution in [3.8, 4) is 0 Å². The Morgan fingerprint density at radius 2 is 2.27 bits per heavy atom. The maximum atomic E-state index is 4.57. The molecule has 0 unspecified atom stereocenters. The van der Waals surface area contributed by atoms with Crippen LogP contribution in [-0.2, 0) is 0 Å². The van der Waals surface area contributed by atoms with Crippen molar-refractivity contribution >= 4 is 16.7 Å². The van der Waals surface area contributed by atoms with Crippen LogP contribution in [0.2, 0.25) is 0 Å². The minimum absolute atomic E-state index is 0.773. The normalized spacial score (nSPS) is 10.3. The van der Waals surface area contributed by atoms with Crippen LogP contribution < -0.4 is 5.32 Å². The summed E-state index contributed by atoms with van der Waals surface area (Å²) in [5, 5.41) is 10.4. The molecule has 0 bridgehead atoms. The van der Waals surface area contributed by atoms with Crippen molar-refractivity contribution in [2.75, 3.05) is 12.4 Å². The van der Waals surface area contributed by atoms with Crippen LogP contribution in [0.3, 0.4) is 0 Å². The Morgan fingerprint density at radius 1 is 1.36 bits per heavy atom. The van der Waals surface area contributed by atoms with Gasteiger partial charge in [0.05, 0.1) is 5.69 Å². The van der Waals surface area contributed by atoms with Crippen LogP contribution in [0.5, 0.6) is 0 Å². The Balaban J connectivity index is 2.79. The van der Waals surface area contributed by atoms with Crippen LogP contribution >= 0.6 is 0 Å². The molecular weight excluding hydrogens is 142 g/mol. The van der Waals surface area contributed by atoms with E-state index in [0.29, 0.717) is 0 Å². The van der Waals surface area contributed by atoms with Crippen LogP contribution in [0.1, 0.15) is 0 Å². The third kappa shape index (κ3) is 0.832. The molecule has 0 aliphatic heterocycles. The molecule has 0 aliphatic rings. The smallest absolute Gasteiger partial charge is 0.158 e. The van der Waals surface area contributed by atoms with Crippen LogP contribution in [0.4, 0.5) is 5.69 Å². The van der Waals surface area contributed by atoms with Crippen molar-refractivity contribution in [3.63, 3.8) is 0 Å². The largest absolute Gasteiger partial charge is 0.386 e. The van der Waals surface area contributed by atoms with Crippen LogP contribution in [0.25, 0.3) is 11.0 Å². The third-order valence-electron chi connectivity index (χ3n) is 1.56. The summed E-state index contributed by atoms with van der Waals surface area (Å²) in [4.78, 5) is 0. The Hall–Kier alpha value is -1.58. The zero-order chi connectivity index (χ0) is 7.68. The molecule has 4 heteroatoms. The Bertz CT molecular complexity index is 368. The number of anilines is 1. The van der Waals surface area contributed by atoms with Crippen molar-refractivity contribution in [3.05, 3.63) is 18.2 Å². The first-order valence-corrected chi connectivity index (χ1v) is 3.31. The molecule has 2 aromatic rings. The van der Waals surface area contributed by atoms with Crippen molar-refractivity contribution in [1.82, 2.24) is 10.3 Å². The van der Waals surface area contributed by atoms with Gasteiger partial charge in [-0.1, -0.05) is 6.07 Å². The van der Waals surface area contributed by atoms with Crippen molar-refractivity contribution in [2.45, 2.75) is 0 Å². The van der Waals surface area contributed by atoms with Gasteiger partial charge in [0.25, 0.3) is 0 Å². The number of fused-ring (bicyclic) bond motifs is 1. The topological polar surface area (TPSA) is 51.0 Å². The highest BCUT2D eigenvalue weighted by atomic mass is 16.6. The van der Waals surface area contributed by atoms with E-state index in [1.54, 1.807) is 0 Å². The van der Waals surface area contributed by atoms with Crippen LogP contribution in [-0.4, -0.2) is 17.4 Å². The lowest BCUT2D eigenvalue weighted by Gasteiger charge is -1.95. The number of hydrogen-bond acceptors (Lipinski definition) is 4. The van der Waals surface area contributed by atoms with E-state index in [1.807, 2.05) is 25.2 Å². The number of benzene rings is 1. The minimum atomic E-state index is 0.773. The van der Waals surface area contributed by atoms with E-state index >= 15 is 0 Å². The molecule has 1 aromatic heterocycles. The SMILES string of the molecule is CNc1cccc2nonc12. The molecule has 0 spiro atoms. The average Bonchev–Trinajstić information content (AvgIpc) is 2.50. The number of aromatic nitrogens is 2. The first-order chi connectivity index (χ1) is 5.42. The standard InChI is InChI=1S/C7H7N3O/c1-8-5-3-2-4-6-7(5)10-11-9-6/h2-4,8H,1H3. The lowest BCUT2D eigenvalue weighted by molar-refractivity contribution is 0.315. The average molecular weight is 149 g/mol. The minimum Gasteiger partial charge on any atom is -0.386 e. The maximum Gasteiger partial charge on any atom is 0.158 e. The predicted octanol–water partition coefficient (Wildman–Crippen LogP) is 1.26. The van der Waals surface area contributed by atoms with E-state index < -0.39 is 0 Å². The van der Waals surface area contributed by atoms with Gasteiger partial charge in [-0.2, -0.15) is 0 Å². The van der Waals surface area contributed by atoms with E-state index in [9.17, 15) is 0 Å². The molecule has 0 amide bonds. The van der Waals surface area contributed by atoms with Crippen molar-refractivity contribution in [1.29, 1.82) is 0 Å². The summed E-state index contributed by atoms with van der Waals surface area (Å²) in [5.74, 6) is 0. The number of nitrogens with zero attached hydrogens (tertiary/aromatic N) is 2. The molecule has 11 heavy (non-hydrogen) atoms.